The number of fused-ring (bicyclic) bond motifs is 1. The summed E-state index contributed by atoms with van der Waals surface area (Å²) < 4.78 is 5.33. The van der Waals surface area contributed by atoms with Crippen LogP contribution in [0.2, 0.25) is 0 Å². The lowest BCUT2D eigenvalue weighted by molar-refractivity contribution is 0.0191. The van der Waals surface area contributed by atoms with Gasteiger partial charge >= 0.3 is 0 Å². The molecule has 0 saturated heterocycles. The summed E-state index contributed by atoms with van der Waals surface area (Å²) in [5.74, 6) is 1.31. The van der Waals surface area contributed by atoms with Crippen molar-refractivity contribution in [2.45, 2.75) is 20.4 Å². The van der Waals surface area contributed by atoms with Crippen LogP contribution in [-0.2, 0) is 11.4 Å². The van der Waals surface area contributed by atoms with Gasteiger partial charge in [-0.3, -0.25) is 0 Å². The Bertz CT molecular complexity index is 541. The predicted octanol–water partition coefficient (Wildman–Crippen LogP) is 2.92. The molecule has 0 amide bonds. The molecule has 1 heterocycles. The van der Waals surface area contributed by atoms with Gasteiger partial charge in [0.15, 0.2) is 0 Å². The lowest BCUT2D eigenvalue weighted by Crippen LogP contribution is -2.18. The van der Waals surface area contributed by atoms with E-state index in [4.69, 9.17) is 9.57 Å². The highest BCUT2D eigenvalue weighted by atomic mass is 16.6. The van der Waals surface area contributed by atoms with Crippen LogP contribution in [0, 0.1) is 5.92 Å². The molecule has 2 rings (SSSR count). The van der Waals surface area contributed by atoms with E-state index < -0.39 is 0 Å². The number of methoxy groups -OCH3 is 1. The van der Waals surface area contributed by atoms with E-state index in [-0.39, 0.29) is 0 Å². The van der Waals surface area contributed by atoms with Crippen LogP contribution in [0.1, 0.15) is 19.5 Å². The monoisotopic (exact) mass is 260 g/mol. The fraction of sp³-hybridized carbons (Fsp3) is 0.400. The van der Waals surface area contributed by atoms with E-state index in [0.717, 1.165) is 22.3 Å². The second-order valence-electron chi connectivity index (χ2n) is 4.86. The summed E-state index contributed by atoms with van der Waals surface area (Å²) in [6.07, 6.45) is 0. The summed E-state index contributed by atoms with van der Waals surface area (Å²) in [7, 11) is 1.66. The summed E-state index contributed by atoms with van der Waals surface area (Å²) in [6.45, 7) is 5.50. The maximum atomic E-state index is 5.35. The first-order valence-electron chi connectivity index (χ1n) is 6.48. The molecule has 0 fully saturated rings. The Morgan fingerprint density at radius 2 is 2.05 bits per heavy atom. The molecule has 0 bridgehead atoms. The molecule has 102 valence electrons. The maximum Gasteiger partial charge on any atom is 0.145 e. The van der Waals surface area contributed by atoms with E-state index >= 15 is 0 Å². The molecule has 0 unspecified atom stereocenters. The van der Waals surface area contributed by atoms with E-state index in [1.807, 2.05) is 30.3 Å². The molecule has 0 aliphatic heterocycles. The van der Waals surface area contributed by atoms with Gasteiger partial charge in [-0.05, 0) is 18.1 Å². The molecule has 4 nitrogen and oxygen atoms in total. The first kappa shape index (κ1) is 13.8. The number of ether oxygens (including phenoxy) is 1. The van der Waals surface area contributed by atoms with Gasteiger partial charge in [-0.1, -0.05) is 32.0 Å². The molecule has 1 aromatic heterocycles. The van der Waals surface area contributed by atoms with Crippen molar-refractivity contribution in [2.75, 3.05) is 13.7 Å². The van der Waals surface area contributed by atoms with Gasteiger partial charge in [-0.25, -0.2) is 4.98 Å². The Hall–Kier alpha value is -1.65. The molecule has 0 radical (unpaired) electrons. The molecule has 1 N–H and O–H groups in total. The molecule has 0 aliphatic carbocycles. The minimum atomic E-state index is 0.511. The topological polar surface area (TPSA) is 43.4 Å². The molecular formula is C15H20N2O2. The number of hydrogen-bond donors (Lipinski definition) is 1. The minimum absolute atomic E-state index is 0.511. The van der Waals surface area contributed by atoms with Gasteiger partial charge in [0.05, 0.1) is 26.0 Å². The van der Waals surface area contributed by atoms with Gasteiger partial charge in [-0.2, -0.15) is 5.48 Å². The zero-order chi connectivity index (χ0) is 13.7. The van der Waals surface area contributed by atoms with Crippen LogP contribution < -0.4 is 10.2 Å². The molecule has 0 aliphatic rings. The smallest absolute Gasteiger partial charge is 0.145 e. The van der Waals surface area contributed by atoms with Crippen LogP contribution in [0.25, 0.3) is 10.9 Å². The number of aromatic nitrogens is 1. The molecule has 0 atom stereocenters. The third-order valence-electron chi connectivity index (χ3n) is 2.73. The number of nitrogens with one attached hydrogen (secondary N) is 1. The summed E-state index contributed by atoms with van der Waals surface area (Å²) in [6, 6.07) is 9.95. The number of hydrogen-bond acceptors (Lipinski definition) is 4. The van der Waals surface area contributed by atoms with E-state index in [1.54, 1.807) is 7.11 Å². The molecule has 1 aromatic carbocycles. The number of nitrogens with zero attached hydrogens (tertiary/aromatic N) is 1. The molecule has 0 saturated carbocycles. The van der Waals surface area contributed by atoms with E-state index in [0.29, 0.717) is 19.1 Å². The van der Waals surface area contributed by atoms with Crippen molar-refractivity contribution in [2.24, 2.45) is 5.92 Å². The van der Waals surface area contributed by atoms with E-state index in [1.165, 1.54) is 0 Å². The summed E-state index contributed by atoms with van der Waals surface area (Å²) >= 11 is 0. The summed E-state index contributed by atoms with van der Waals surface area (Å²) in [5.41, 5.74) is 4.75. The van der Waals surface area contributed by atoms with Crippen LogP contribution in [0.3, 0.4) is 0 Å². The fourth-order valence-corrected chi connectivity index (χ4v) is 1.77. The number of hydroxylamine groups is 1. The first-order chi connectivity index (χ1) is 9.20. The van der Waals surface area contributed by atoms with Crippen molar-refractivity contribution in [1.82, 2.24) is 10.5 Å². The first-order valence-corrected chi connectivity index (χ1v) is 6.48. The lowest BCUT2D eigenvalue weighted by atomic mass is 10.2. The van der Waals surface area contributed by atoms with Crippen molar-refractivity contribution in [3.63, 3.8) is 0 Å². The number of pyridine rings is 1. The second kappa shape index (κ2) is 6.50. The Kier molecular flexibility index (Phi) is 4.71. The van der Waals surface area contributed by atoms with Gasteiger partial charge in [0.25, 0.3) is 0 Å². The molecule has 19 heavy (non-hydrogen) atoms. The summed E-state index contributed by atoms with van der Waals surface area (Å²) in [5, 5.41) is 1.08. The number of benzene rings is 1. The highest BCUT2D eigenvalue weighted by molar-refractivity contribution is 5.84. The van der Waals surface area contributed by atoms with Crippen LogP contribution >= 0.6 is 0 Å². The third kappa shape index (κ3) is 3.66. The zero-order valence-corrected chi connectivity index (χ0v) is 11.6. The highest BCUT2D eigenvalue weighted by Gasteiger charge is 2.04. The third-order valence-corrected chi connectivity index (χ3v) is 2.73. The van der Waals surface area contributed by atoms with Crippen LogP contribution in [0.4, 0.5) is 0 Å². The van der Waals surface area contributed by atoms with Crippen molar-refractivity contribution in [3.8, 4) is 5.75 Å². The number of para-hydroxylation sites is 1. The average Bonchev–Trinajstić information content (AvgIpc) is 2.42. The quantitative estimate of drug-likeness (QED) is 0.640. The van der Waals surface area contributed by atoms with Gasteiger partial charge in [0.2, 0.25) is 0 Å². The van der Waals surface area contributed by atoms with Gasteiger partial charge in [0, 0.05) is 5.39 Å². The summed E-state index contributed by atoms with van der Waals surface area (Å²) in [4.78, 5) is 9.94. The molecular weight excluding hydrogens is 240 g/mol. The van der Waals surface area contributed by atoms with Gasteiger partial charge in [-0.15, -0.1) is 0 Å². The maximum absolute atomic E-state index is 5.35. The highest BCUT2D eigenvalue weighted by Crippen LogP contribution is 2.23. The number of rotatable bonds is 6. The van der Waals surface area contributed by atoms with Crippen molar-refractivity contribution < 1.29 is 9.57 Å². The van der Waals surface area contributed by atoms with Crippen LogP contribution in [0.15, 0.2) is 30.3 Å². The SMILES string of the molecule is COc1cccc2ccc(CNOCC(C)C)nc12. The van der Waals surface area contributed by atoms with Crippen molar-refractivity contribution in [3.05, 3.63) is 36.0 Å². The van der Waals surface area contributed by atoms with Crippen LogP contribution in [-0.4, -0.2) is 18.7 Å². The minimum Gasteiger partial charge on any atom is -0.494 e. The van der Waals surface area contributed by atoms with Crippen molar-refractivity contribution >= 4 is 10.9 Å². The Balaban J connectivity index is 2.08. The largest absolute Gasteiger partial charge is 0.494 e. The van der Waals surface area contributed by atoms with Crippen molar-refractivity contribution in [1.29, 1.82) is 0 Å². The van der Waals surface area contributed by atoms with Crippen LogP contribution in [0.5, 0.6) is 5.75 Å². The van der Waals surface area contributed by atoms with E-state index in [9.17, 15) is 0 Å². The van der Waals surface area contributed by atoms with E-state index in [2.05, 4.69) is 24.3 Å². The Labute approximate surface area is 113 Å². The van der Waals surface area contributed by atoms with Gasteiger partial charge in [0.1, 0.15) is 11.3 Å². The second-order valence-corrected chi connectivity index (χ2v) is 4.86. The average molecular weight is 260 g/mol. The standard InChI is InChI=1S/C15H20N2O2/c1-11(2)10-19-16-9-13-8-7-12-5-4-6-14(18-3)15(12)17-13/h4-8,11,16H,9-10H2,1-3H3. The van der Waals surface area contributed by atoms with Gasteiger partial charge < -0.3 is 9.57 Å². The zero-order valence-electron chi connectivity index (χ0n) is 11.6. The lowest BCUT2D eigenvalue weighted by Gasteiger charge is -2.09. The predicted molar refractivity (Wildman–Crippen MR) is 75.9 cm³/mol. The fourth-order valence-electron chi connectivity index (χ4n) is 1.77. The normalized spacial score (nSPS) is 11.2. The molecule has 0 spiro atoms. The molecule has 4 heteroatoms. The molecule has 2 aromatic rings. The Morgan fingerprint density at radius 1 is 1.21 bits per heavy atom. The Morgan fingerprint density at radius 3 is 2.79 bits per heavy atom.